The molecule has 0 unspecified atom stereocenters. The molecule has 0 atom stereocenters. The van der Waals surface area contributed by atoms with E-state index >= 15 is 0 Å². The van der Waals surface area contributed by atoms with Crippen LogP contribution in [0.1, 0.15) is 64.9 Å². The third-order valence-corrected chi connectivity index (χ3v) is 8.02. The van der Waals surface area contributed by atoms with Crippen LogP contribution in [0.5, 0.6) is 5.75 Å². The van der Waals surface area contributed by atoms with Crippen molar-refractivity contribution in [3.63, 3.8) is 0 Å². The average molecular weight is 645 g/mol. The van der Waals surface area contributed by atoms with Gasteiger partial charge in [0.1, 0.15) is 6.33 Å². The monoisotopic (exact) mass is 644 g/mol. The minimum Gasteiger partial charge on any atom is -0.494 e. The summed E-state index contributed by atoms with van der Waals surface area (Å²) in [5.41, 5.74) is -0.464. The molecule has 2 amide bonds. The molecule has 0 aliphatic heterocycles. The predicted molar refractivity (Wildman–Crippen MR) is 166 cm³/mol. The molecule has 0 saturated heterocycles. The van der Waals surface area contributed by atoms with Crippen LogP contribution in [0.3, 0.4) is 0 Å². The number of nitrogens with one attached hydrogen (secondary N) is 2. The molecule has 1 aliphatic rings. The van der Waals surface area contributed by atoms with E-state index in [-0.39, 0.29) is 28.7 Å². The number of aryl methyl sites for hydroxylation is 1. The Morgan fingerprint density at radius 1 is 1.07 bits per heavy atom. The minimum absolute atomic E-state index is 0.0571. The van der Waals surface area contributed by atoms with Gasteiger partial charge in [-0.1, -0.05) is 6.07 Å². The first-order chi connectivity index (χ1) is 21.0. The molecule has 1 aromatic carbocycles. The molecule has 2 aromatic heterocycles. The standard InChI is InChI=1S/C29H41N8O7P/c1-28(2,3)43-45(40,44-29(4,5)6)42-17-37-22(33-26(38)18-13-14-18)15-21(23(34-37)27(39)30-7)32-20-12-10-11-19(24(20)41-9)25-31-16-36(8)35-25/h10-12,15-16,18,32H,13-14,17H2,1-9H3,(H,30,39)/b33-22+. The highest BCUT2D eigenvalue weighted by Gasteiger charge is 2.38. The van der Waals surface area contributed by atoms with Crippen LogP contribution >= 0.6 is 7.82 Å². The Hall–Kier alpha value is -3.91. The number of aromatic nitrogens is 5. The molecular formula is C29H41N8O7P. The van der Waals surface area contributed by atoms with Gasteiger partial charge < -0.3 is 15.4 Å². The summed E-state index contributed by atoms with van der Waals surface area (Å²) in [6.07, 6.45) is 3.03. The van der Waals surface area contributed by atoms with Crippen molar-refractivity contribution in [2.45, 2.75) is 72.3 Å². The van der Waals surface area contributed by atoms with Crippen molar-refractivity contribution in [2.75, 3.05) is 19.5 Å². The number of rotatable bonds is 11. The molecule has 3 aromatic rings. The zero-order valence-electron chi connectivity index (χ0n) is 27.1. The smallest absolute Gasteiger partial charge is 0.477 e. The summed E-state index contributed by atoms with van der Waals surface area (Å²) in [7, 11) is 0.544. The Bertz CT molecular complexity index is 1660. The number of ether oxygens (including phenoxy) is 1. The molecule has 0 spiro atoms. The summed E-state index contributed by atoms with van der Waals surface area (Å²) in [4.78, 5) is 34.6. The molecule has 2 heterocycles. The molecule has 244 valence electrons. The number of methoxy groups -OCH3 is 1. The number of para-hydroxylation sites is 1. The molecule has 0 radical (unpaired) electrons. The molecule has 1 fully saturated rings. The van der Waals surface area contributed by atoms with Gasteiger partial charge in [0, 0.05) is 26.1 Å². The van der Waals surface area contributed by atoms with E-state index in [4.69, 9.17) is 18.3 Å². The molecule has 15 nitrogen and oxygen atoms in total. The van der Waals surface area contributed by atoms with Crippen LogP contribution in [-0.2, 0) is 36.7 Å². The first-order valence-electron chi connectivity index (χ1n) is 14.4. The van der Waals surface area contributed by atoms with Crippen LogP contribution in [0.4, 0.5) is 11.4 Å². The van der Waals surface area contributed by atoms with Crippen LogP contribution < -0.4 is 20.9 Å². The van der Waals surface area contributed by atoms with E-state index in [1.165, 1.54) is 24.9 Å². The fourth-order valence-electron chi connectivity index (χ4n) is 4.11. The van der Waals surface area contributed by atoms with Gasteiger partial charge in [-0.15, -0.1) is 0 Å². The largest absolute Gasteiger partial charge is 0.494 e. The van der Waals surface area contributed by atoms with E-state index in [1.54, 1.807) is 77.8 Å². The number of carbonyl (C=O) groups is 2. The number of phosphoric acid groups is 1. The van der Waals surface area contributed by atoms with Crippen molar-refractivity contribution in [3.05, 3.63) is 41.8 Å². The lowest BCUT2D eigenvalue weighted by atomic mass is 10.1. The third kappa shape index (κ3) is 9.07. The lowest BCUT2D eigenvalue weighted by molar-refractivity contribution is -0.119. The van der Waals surface area contributed by atoms with Gasteiger partial charge in [0.25, 0.3) is 11.8 Å². The summed E-state index contributed by atoms with van der Waals surface area (Å²) < 4.78 is 39.4. The molecule has 1 saturated carbocycles. The van der Waals surface area contributed by atoms with Gasteiger partial charge in [-0.25, -0.2) is 14.2 Å². The van der Waals surface area contributed by atoms with Gasteiger partial charge in [0.15, 0.2) is 29.5 Å². The Kier molecular flexibility index (Phi) is 9.98. The molecule has 0 bridgehead atoms. The maximum Gasteiger partial charge on any atom is 0.477 e. The summed E-state index contributed by atoms with van der Waals surface area (Å²) in [6, 6.07) is 6.83. The molecule has 2 N–H and O–H groups in total. The number of hydrogen-bond donors (Lipinski definition) is 2. The van der Waals surface area contributed by atoms with Crippen molar-refractivity contribution in [3.8, 4) is 17.1 Å². The Labute approximate surface area is 262 Å². The van der Waals surface area contributed by atoms with Crippen molar-refractivity contribution in [1.82, 2.24) is 29.9 Å². The zero-order valence-corrected chi connectivity index (χ0v) is 28.0. The highest BCUT2D eigenvalue weighted by atomic mass is 31.2. The first kappa shape index (κ1) is 34.0. The molecule has 4 rings (SSSR count). The second kappa shape index (κ2) is 13.2. The van der Waals surface area contributed by atoms with Gasteiger partial charge >= 0.3 is 7.82 Å². The van der Waals surface area contributed by atoms with Crippen LogP contribution in [0, 0.1) is 5.92 Å². The van der Waals surface area contributed by atoms with Crippen LogP contribution in [0.25, 0.3) is 11.4 Å². The predicted octanol–water partition coefficient (Wildman–Crippen LogP) is 4.34. The van der Waals surface area contributed by atoms with Gasteiger partial charge in [-0.05, 0) is 66.5 Å². The van der Waals surface area contributed by atoms with Crippen molar-refractivity contribution < 1.29 is 32.5 Å². The SMILES string of the molecule is CNC(=O)c1nn(COP(=O)(OC(C)(C)C)OC(C)(C)C)/c(=N/C(=O)C2CC2)cc1Nc1cccc(-c2ncn(C)n2)c1OC. The minimum atomic E-state index is -4.18. The van der Waals surface area contributed by atoms with Gasteiger partial charge in [-0.3, -0.25) is 27.8 Å². The number of benzene rings is 1. The fourth-order valence-corrected chi connectivity index (χ4v) is 5.84. The highest BCUT2D eigenvalue weighted by molar-refractivity contribution is 7.48. The number of carbonyl (C=O) groups excluding carboxylic acids is 2. The zero-order chi connectivity index (χ0) is 33.2. The Balaban J connectivity index is 1.81. The van der Waals surface area contributed by atoms with Crippen molar-refractivity contribution in [1.29, 1.82) is 0 Å². The van der Waals surface area contributed by atoms with Crippen LogP contribution in [0.2, 0.25) is 0 Å². The summed E-state index contributed by atoms with van der Waals surface area (Å²) in [5.74, 6) is -0.232. The first-order valence-corrected chi connectivity index (χ1v) is 15.9. The summed E-state index contributed by atoms with van der Waals surface area (Å²) in [5, 5.41) is 14.6. The van der Waals surface area contributed by atoms with Gasteiger partial charge in [-0.2, -0.15) is 15.2 Å². The maximum atomic E-state index is 13.8. The van der Waals surface area contributed by atoms with Crippen molar-refractivity contribution in [2.24, 2.45) is 18.0 Å². The molecule has 1 aliphatic carbocycles. The average Bonchev–Trinajstić information content (AvgIpc) is 3.70. The Morgan fingerprint density at radius 2 is 1.73 bits per heavy atom. The number of amides is 2. The fraction of sp³-hybridized carbons (Fsp3) is 0.517. The van der Waals surface area contributed by atoms with Gasteiger partial charge in [0.05, 0.1) is 35.3 Å². The lowest BCUT2D eigenvalue weighted by Crippen LogP contribution is -2.32. The molecule has 16 heteroatoms. The van der Waals surface area contributed by atoms with Crippen LogP contribution in [-0.4, -0.2) is 61.7 Å². The number of nitrogens with zero attached hydrogens (tertiary/aromatic N) is 6. The van der Waals surface area contributed by atoms with Gasteiger partial charge in [0.2, 0.25) is 0 Å². The van der Waals surface area contributed by atoms with E-state index in [2.05, 4.69) is 30.8 Å². The highest BCUT2D eigenvalue weighted by Crippen LogP contribution is 2.55. The maximum absolute atomic E-state index is 13.8. The number of hydrogen-bond acceptors (Lipinski definition) is 11. The van der Waals surface area contributed by atoms with E-state index in [1.807, 2.05) is 0 Å². The molecular weight excluding hydrogens is 603 g/mol. The van der Waals surface area contributed by atoms with E-state index < -0.39 is 31.7 Å². The second-order valence-electron chi connectivity index (χ2n) is 12.4. The normalized spacial score (nSPS) is 14.4. The number of anilines is 2. The second-order valence-corrected chi connectivity index (χ2v) is 14.0. The number of phosphoric ester groups is 1. The quantitative estimate of drug-likeness (QED) is 0.284. The van der Waals surface area contributed by atoms with E-state index in [9.17, 15) is 14.2 Å². The van der Waals surface area contributed by atoms with Crippen LogP contribution in [0.15, 0.2) is 35.6 Å². The molecule has 45 heavy (non-hydrogen) atoms. The third-order valence-electron chi connectivity index (χ3n) is 6.05. The Morgan fingerprint density at radius 3 is 2.27 bits per heavy atom. The lowest BCUT2D eigenvalue weighted by Gasteiger charge is -2.30. The summed E-state index contributed by atoms with van der Waals surface area (Å²) in [6.45, 7) is 9.79. The topological polar surface area (TPSA) is 173 Å². The summed E-state index contributed by atoms with van der Waals surface area (Å²) >= 11 is 0. The van der Waals surface area contributed by atoms with E-state index in [0.717, 1.165) is 12.8 Å². The van der Waals surface area contributed by atoms with Crippen molar-refractivity contribution >= 4 is 31.0 Å². The van der Waals surface area contributed by atoms with E-state index in [0.29, 0.717) is 22.8 Å².